The standard InChI is InChI=1S/C4H8O5P2/c1-3-4(2)8-11(6,7-3)9-10-5/h3-4H,1-2H3. The molecule has 0 aromatic rings. The molecule has 2 atom stereocenters. The van der Waals surface area contributed by atoms with Crippen LogP contribution in [-0.4, -0.2) is 12.2 Å². The van der Waals surface area contributed by atoms with Crippen LogP contribution in [0.5, 0.6) is 0 Å². The van der Waals surface area contributed by atoms with Crippen molar-refractivity contribution in [3.8, 4) is 0 Å². The van der Waals surface area contributed by atoms with E-state index >= 15 is 0 Å². The SMILES string of the molecule is CC1OP(=O)(OP=O)OC1C. The quantitative estimate of drug-likeness (QED) is 0.636. The molecule has 64 valence electrons. The number of phosphoric ester groups is 1. The summed E-state index contributed by atoms with van der Waals surface area (Å²) in [6, 6.07) is 0. The van der Waals surface area contributed by atoms with Gasteiger partial charge in [-0.15, -0.1) is 0 Å². The van der Waals surface area contributed by atoms with E-state index in [0.29, 0.717) is 0 Å². The Morgan fingerprint density at radius 1 is 1.36 bits per heavy atom. The first-order valence-electron chi connectivity index (χ1n) is 3.05. The van der Waals surface area contributed by atoms with Crippen LogP contribution >= 0.6 is 16.5 Å². The molecule has 0 saturated carbocycles. The second-order valence-corrected chi connectivity index (χ2v) is 4.34. The van der Waals surface area contributed by atoms with E-state index in [1.54, 1.807) is 13.8 Å². The van der Waals surface area contributed by atoms with Crippen LogP contribution in [-0.2, 0) is 22.5 Å². The maximum Gasteiger partial charge on any atom is 0.486 e. The Labute approximate surface area is 65.9 Å². The fourth-order valence-electron chi connectivity index (χ4n) is 0.683. The summed E-state index contributed by atoms with van der Waals surface area (Å²) in [5.41, 5.74) is 0. The van der Waals surface area contributed by atoms with Crippen molar-refractivity contribution in [3.63, 3.8) is 0 Å². The third-order valence-corrected chi connectivity index (χ3v) is 3.63. The van der Waals surface area contributed by atoms with Crippen molar-refractivity contribution in [2.75, 3.05) is 0 Å². The monoisotopic (exact) mass is 198 g/mol. The highest BCUT2D eigenvalue weighted by atomic mass is 31.2. The van der Waals surface area contributed by atoms with Crippen LogP contribution in [0, 0.1) is 0 Å². The molecule has 1 fully saturated rings. The van der Waals surface area contributed by atoms with Crippen LogP contribution < -0.4 is 0 Å². The normalized spacial score (nSPS) is 44.9. The van der Waals surface area contributed by atoms with Gasteiger partial charge in [-0.25, -0.2) is 9.13 Å². The molecular formula is C4H8O5P2. The first-order chi connectivity index (χ1) is 5.07. The summed E-state index contributed by atoms with van der Waals surface area (Å²) in [4.78, 5) is 0. The molecule has 11 heavy (non-hydrogen) atoms. The molecule has 0 aromatic heterocycles. The molecule has 0 aliphatic carbocycles. The van der Waals surface area contributed by atoms with Gasteiger partial charge in [0.25, 0.3) is 0 Å². The van der Waals surface area contributed by atoms with Gasteiger partial charge in [0.1, 0.15) is 0 Å². The first kappa shape index (κ1) is 9.30. The zero-order chi connectivity index (χ0) is 8.48. The molecule has 0 amide bonds. The van der Waals surface area contributed by atoms with Crippen LogP contribution in [0.1, 0.15) is 13.8 Å². The Morgan fingerprint density at radius 2 is 1.82 bits per heavy atom. The summed E-state index contributed by atoms with van der Waals surface area (Å²) in [5.74, 6) is 0. The van der Waals surface area contributed by atoms with E-state index in [-0.39, 0.29) is 12.2 Å². The van der Waals surface area contributed by atoms with Gasteiger partial charge >= 0.3 is 16.5 Å². The largest absolute Gasteiger partial charge is 0.486 e. The molecular weight excluding hydrogens is 190 g/mol. The van der Waals surface area contributed by atoms with Crippen LogP contribution in [0.15, 0.2) is 0 Å². The molecule has 5 nitrogen and oxygen atoms in total. The molecule has 1 saturated heterocycles. The number of phosphoric acid groups is 1. The van der Waals surface area contributed by atoms with Gasteiger partial charge in [0, 0.05) is 0 Å². The maximum absolute atomic E-state index is 11.2. The average molecular weight is 198 g/mol. The highest BCUT2D eigenvalue weighted by Crippen LogP contribution is 2.59. The lowest BCUT2D eigenvalue weighted by Crippen LogP contribution is -2.13. The summed E-state index contributed by atoms with van der Waals surface area (Å²) in [6.07, 6.45) is -0.579. The van der Waals surface area contributed by atoms with Gasteiger partial charge < -0.3 is 0 Å². The summed E-state index contributed by atoms with van der Waals surface area (Å²) in [6.45, 7) is 3.41. The van der Waals surface area contributed by atoms with Crippen molar-refractivity contribution >= 4 is 16.5 Å². The van der Waals surface area contributed by atoms with Crippen molar-refractivity contribution in [2.45, 2.75) is 26.1 Å². The van der Waals surface area contributed by atoms with Crippen molar-refractivity contribution in [2.24, 2.45) is 0 Å². The fraction of sp³-hybridized carbons (Fsp3) is 1.00. The van der Waals surface area contributed by atoms with Gasteiger partial charge in [-0.2, -0.15) is 4.31 Å². The summed E-state index contributed by atoms with van der Waals surface area (Å²) in [5, 5.41) is 0. The lowest BCUT2D eigenvalue weighted by Gasteiger charge is -2.02. The summed E-state index contributed by atoms with van der Waals surface area (Å²) in [7, 11) is -4.20. The lowest BCUT2D eigenvalue weighted by atomic mass is 10.3. The van der Waals surface area contributed by atoms with Crippen molar-refractivity contribution in [3.05, 3.63) is 0 Å². The van der Waals surface area contributed by atoms with Gasteiger partial charge in [-0.1, -0.05) is 0 Å². The maximum atomic E-state index is 11.2. The molecule has 1 rings (SSSR count). The molecule has 0 bridgehead atoms. The molecule has 0 aromatic carbocycles. The van der Waals surface area contributed by atoms with E-state index in [4.69, 9.17) is 9.05 Å². The van der Waals surface area contributed by atoms with Crippen molar-refractivity contribution in [1.29, 1.82) is 0 Å². The summed E-state index contributed by atoms with van der Waals surface area (Å²) < 4.78 is 35.0. The predicted octanol–water partition coefficient (Wildman–Crippen LogP) is 2.14. The highest BCUT2D eigenvalue weighted by Gasteiger charge is 2.42. The minimum absolute atomic E-state index is 0.289. The Balaban J connectivity index is 2.63. The molecule has 1 aliphatic heterocycles. The highest BCUT2D eigenvalue weighted by molar-refractivity contribution is 7.54. The van der Waals surface area contributed by atoms with E-state index < -0.39 is 16.5 Å². The van der Waals surface area contributed by atoms with E-state index in [1.807, 2.05) is 0 Å². The predicted molar refractivity (Wildman–Crippen MR) is 37.4 cm³/mol. The lowest BCUT2D eigenvalue weighted by molar-refractivity contribution is 0.187. The van der Waals surface area contributed by atoms with Gasteiger partial charge in [0.15, 0.2) is 0 Å². The molecule has 7 heteroatoms. The topological polar surface area (TPSA) is 61.8 Å². The number of hydrogen-bond donors (Lipinski definition) is 0. The number of rotatable bonds is 2. The third-order valence-electron chi connectivity index (χ3n) is 1.39. The zero-order valence-electron chi connectivity index (χ0n) is 6.09. The Kier molecular flexibility index (Phi) is 2.79. The molecule has 1 aliphatic rings. The average Bonchev–Trinajstić information content (AvgIpc) is 2.08. The van der Waals surface area contributed by atoms with Crippen LogP contribution in [0.4, 0.5) is 0 Å². The van der Waals surface area contributed by atoms with Crippen molar-refractivity contribution < 1.29 is 22.5 Å². The van der Waals surface area contributed by atoms with Gasteiger partial charge in [0.2, 0.25) is 0 Å². The smallest absolute Gasteiger partial charge is 0.281 e. The van der Waals surface area contributed by atoms with Crippen LogP contribution in [0.2, 0.25) is 0 Å². The minimum atomic E-state index is -3.51. The molecule has 0 N–H and O–H groups in total. The molecule has 0 spiro atoms. The molecule has 1 heterocycles. The second kappa shape index (κ2) is 3.30. The van der Waals surface area contributed by atoms with E-state index in [0.717, 1.165) is 0 Å². The van der Waals surface area contributed by atoms with Crippen LogP contribution in [0.3, 0.4) is 0 Å². The zero-order valence-corrected chi connectivity index (χ0v) is 7.88. The first-order valence-corrected chi connectivity index (χ1v) is 5.25. The number of hydrogen-bond acceptors (Lipinski definition) is 5. The Bertz CT molecular complexity index is 191. The molecule has 2 unspecified atom stereocenters. The van der Waals surface area contributed by atoms with Crippen molar-refractivity contribution in [1.82, 2.24) is 0 Å². The fourth-order valence-corrected chi connectivity index (χ4v) is 2.52. The van der Waals surface area contributed by atoms with E-state index in [1.165, 1.54) is 0 Å². The van der Waals surface area contributed by atoms with Gasteiger partial charge in [0.05, 0.1) is 12.2 Å². The third kappa shape index (κ3) is 2.08. The molecule has 0 radical (unpaired) electrons. The van der Waals surface area contributed by atoms with Gasteiger partial charge in [-0.3, -0.25) is 9.05 Å². The summed E-state index contributed by atoms with van der Waals surface area (Å²) >= 11 is 0. The second-order valence-electron chi connectivity index (χ2n) is 2.22. The van der Waals surface area contributed by atoms with Crippen LogP contribution in [0.25, 0.3) is 0 Å². The minimum Gasteiger partial charge on any atom is -0.281 e. The Morgan fingerprint density at radius 3 is 2.18 bits per heavy atom. The Hall–Kier alpha value is 0.210. The van der Waals surface area contributed by atoms with E-state index in [2.05, 4.69) is 4.31 Å². The van der Waals surface area contributed by atoms with E-state index in [9.17, 15) is 9.13 Å². The van der Waals surface area contributed by atoms with Gasteiger partial charge in [-0.05, 0) is 13.8 Å².